The molecule has 0 saturated carbocycles. The van der Waals surface area contributed by atoms with Crippen LogP contribution in [0.4, 0.5) is 5.69 Å². The van der Waals surface area contributed by atoms with Gasteiger partial charge in [0.05, 0.1) is 19.8 Å². The molecule has 0 aliphatic heterocycles. The Labute approximate surface area is 147 Å². The number of ether oxygens (including phenoxy) is 1. The molecule has 0 bridgehead atoms. The van der Waals surface area contributed by atoms with Crippen molar-refractivity contribution in [3.8, 4) is 5.75 Å². The van der Waals surface area contributed by atoms with Crippen LogP contribution in [0.15, 0.2) is 53.1 Å². The Morgan fingerprint density at radius 3 is 2.80 bits per heavy atom. The number of carbonyl (C=O) groups excluding carboxylic acids is 1. The Hall–Kier alpha value is -2.79. The van der Waals surface area contributed by atoms with Crippen LogP contribution in [-0.2, 0) is 17.8 Å². The molecular formula is C20H22N2O3. The van der Waals surface area contributed by atoms with Gasteiger partial charge in [-0.2, -0.15) is 0 Å². The van der Waals surface area contributed by atoms with Crippen molar-refractivity contribution in [1.29, 1.82) is 0 Å². The largest absolute Gasteiger partial charge is 0.497 e. The maximum Gasteiger partial charge on any atom is 0.228 e. The molecule has 25 heavy (non-hydrogen) atoms. The zero-order valence-corrected chi connectivity index (χ0v) is 14.5. The van der Waals surface area contributed by atoms with Gasteiger partial charge < -0.3 is 19.8 Å². The van der Waals surface area contributed by atoms with Crippen LogP contribution < -0.4 is 15.4 Å². The summed E-state index contributed by atoms with van der Waals surface area (Å²) in [5.74, 6) is 0.665. The zero-order chi connectivity index (χ0) is 17.6. The van der Waals surface area contributed by atoms with Crippen molar-refractivity contribution < 1.29 is 13.9 Å². The number of fused-ring (bicyclic) bond motifs is 1. The number of anilines is 1. The standard InChI is InChI=1S/C20H22N2O3/c1-3-21-12-14-6-4-5-7-18(14)22-20(23)10-15-13-25-19-11-16(24-2)8-9-17(15)19/h4-9,11,13,21H,3,10,12H2,1-2H3,(H,22,23). The molecule has 1 amide bonds. The normalized spacial score (nSPS) is 10.8. The molecule has 0 spiro atoms. The van der Waals surface area contributed by atoms with Crippen molar-refractivity contribution in [3.63, 3.8) is 0 Å². The zero-order valence-electron chi connectivity index (χ0n) is 14.5. The second-order valence-electron chi connectivity index (χ2n) is 5.79. The van der Waals surface area contributed by atoms with E-state index in [2.05, 4.69) is 17.6 Å². The van der Waals surface area contributed by atoms with E-state index in [9.17, 15) is 4.79 Å². The van der Waals surface area contributed by atoms with Crippen LogP contribution in [0.3, 0.4) is 0 Å². The van der Waals surface area contributed by atoms with Gasteiger partial charge in [0.25, 0.3) is 0 Å². The third kappa shape index (κ3) is 4.00. The fraction of sp³-hybridized carbons (Fsp3) is 0.250. The van der Waals surface area contributed by atoms with Gasteiger partial charge in [0.2, 0.25) is 5.91 Å². The molecule has 130 valence electrons. The minimum atomic E-state index is -0.0672. The SMILES string of the molecule is CCNCc1ccccc1NC(=O)Cc1coc2cc(OC)ccc12. The van der Waals surface area contributed by atoms with E-state index in [-0.39, 0.29) is 12.3 Å². The van der Waals surface area contributed by atoms with E-state index in [1.54, 1.807) is 13.4 Å². The van der Waals surface area contributed by atoms with Crippen LogP contribution in [0, 0.1) is 0 Å². The van der Waals surface area contributed by atoms with Gasteiger partial charge in [0, 0.05) is 29.2 Å². The van der Waals surface area contributed by atoms with Gasteiger partial charge in [-0.15, -0.1) is 0 Å². The highest BCUT2D eigenvalue weighted by atomic mass is 16.5. The number of hydrogen-bond donors (Lipinski definition) is 2. The predicted octanol–water partition coefficient (Wildman–Crippen LogP) is 3.73. The lowest BCUT2D eigenvalue weighted by atomic mass is 10.1. The summed E-state index contributed by atoms with van der Waals surface area (Å²) in [5.41, 5.74) is 3.48. The Morgan fingerprint density at radius 1 is 1.16 bits per heavy atom. The van der Waals surface area contributed by atoms with Crippen molar-refractivity contribution >= 4 is 22.6 Å². The van der Waals surface area contributed by atoms with Crippen molar-refractivity contribution in [3.05, 3.63) is 59.9 Å². The number of para-hydroxylation sites is 1. The highest BCUT2D eigenvalue weighted by molar-refractivity contribution is 5.96. The van der Waals surface area contributed by atoms with Gasteiger partial charge in [-0.25, -0.2) is 0 Å². The number of hydrogen-bond acceptors (Lipinski definition) is 4. The summed E-state index contributed by atoms with van der Waals surface area (Å²) in [6.07, 6.45) is 1.89. The summed E-state index contributed by atoms with van der Waals surface area (Å²) in [6.45, 7) is 3.66. The van der Waals surface area contributed by atoms with E-state index >= 15 is 0 Å². The number of furan rings is 1. The molecule has 3 rings (SSSR count). The molecule has 0 unspecified atom stereocenters. The van der Waals surface area contributed by atoms with Crippen molar-refractivity contribution in [2.75, 3.05) is 19.0 Å². The van der Waals surface area contributed by atoms with Crippen LogP contribution >= 0.6 is 0 Å². The van der Waals surface area contributed by atoms with Gasteiger partial charge >= 0.3 is 0 Å². The number of methoxy groups -OCH3 is 1. The highest BCUT2D eigenvalue weighted by Gasteiger charge is 2.12. The quantitative estimate of drug-likeness (QED) is 0.689. The van der Waals surface area contributed by atoms with Crippen LogP contribution in [0.2, 0.25) is 0 Å². The molecule has 2 aromatic carbocycles. The second kappa shape index (κ2) is 7.85. The lowest BCUT2D eigenvalue weighted by molar-refractivity contribution is -0.115. The summed E-state index contributed by atoms with van der Waals surface area (Å²) >= 11 is 0. The molecule has 5 heteroatoms. The molecule has 0 aliphatic carbocycles. The van der Waals surface area contributed by atoms with Crippen LogP contribution in [-0.4, -0.2) is 19.6 Å². The molecule has 3 aromatic rings. The van der Waals surface area contributed by atoms with E-state index < -0.39 is 0 Å². The van der Waals surface area contributed by atoms with Gasteiger partial charge in [-0.05, 0) is 30.3 Å². The predicted molar refractivity (Wildman–Crippen MR) is 98.9 cm³/mol. The number of rotatable bonds is 7. The van der Waals surface area contributed by atoms with Crippen molar-refractivity contribution in [2.24, 2.45) is 0 Å². The molecule has 0 atom stereocenters. The first-order valence-corrected chi connectivity index (χ1v) is 8.34. The van der Waals surface area contributed by atoms with Crippen LogP contribution in [0.1, 0.15) is 18.1 Å². The van der Waals surface area contributed by atoms with E-state index in [0.717, 1.165) is 46.6 Å². The van der Waals surface area contributed by atoms with Gasteiger partial charge in [-0.3, -0.25) is 4.79 Å². The summed E-state index contributed by atoms with van der Waals surface area (Å²) in [5, 5.41) is 7.21. The molecule has 0 aliphatic rings. The Balaban J connectivity index is 1.73. The average Bonchev–Trinajstić information content (AvgIpc) is 3.02. The first-order chi connectivity index (χ1) is 12.2. The minimum Gasteiger partial charge on any atom is -0.497 e. The molecule has 1 aromatic heterocycles. The minimum absolute atomic E-state index is 0.0672. The summed E-state index contributed by atoms with van der Waals surface area (Å²) in [6, 6.07) is 13.4. The topological polar surface area (TPSA) is 63.5 Å². The smallest absolute Gasteiger partial charge is 0.228 e. The molecule has 1 heterocycles. The van der Waals surface area contributed by atoms with Crippen LogP contribution in [0.25, 0.3) is 11.0 Å². The van der Waals surface area contributed by atoms with Crippen LogP contribution in [0.5, 0.6) is 5.75 Å². The maximum absolute atomic E-state index is 12.5. The van der Waals surface area contributed by atoms with E-state index in [4.69, 9.17) is 9.15 Å². The highest BCUT2D eigenvalue weighted by Crippen LogP contribution is 2.26. The molecular weight excluding hydrogens is 316 g/mol. The van der Waals surface area contributed by atoms with Crippen molar-refractivity contribution in [1.82, 2.24) is 5.32 Å². The number of amides is 1. The first kappa shape index (κ1) is 17.0. The lowest BCUT2D eigenvalue weighted by Crippen LogP contribution is -2.18. The Kier molecular flexibility index (Phi) is 5.36. The van der Waals surface area contributed by atoms with E-state index in [1.165, 1.54) is 0 Å². The van der Waals surface area contributed by atoms with Crippen molar-refractivity contribution in [2.45, 2.75) is 19.9 Å². The van der Waals surface area contributed by atoms with Gasteiger partial charge in [0.1, 0.15) is 11.3 Å². The second-order valence-corrected chi connectivity index (χ2v) is 5.79. The Morgan fingerprint density at radius 2 is 2.00 bits per heavy atom. The summed E-state index contributed by atoms with van der Waals surface area (Å²) in [4.78, 5) is 12.5. The molecule has 0 radical (unpaired) electrons. The van der Waals surface area contributed by atoms with E-state index in [1.807, 2.05) is 42.5 Å². The maximum atomic E-state index is 12.5. The molecule has 2 N–H and O–H groups in total. The number of carbonyl (C=O) groups is 1. The fourth-order valence-corrected chi connectivity index (χ4v) is 2.75. The fourth-order valence-electron chi connectivity index (χ4n) is 2.75. The molecule has 0 fully saturated rings. The molecule has 0 saturated heterocycles. The summed E-state index contributed by atoms with van der Waals surface area (Å²) < 4.78 is 10.7. The number of nitrogens with one attached hydrogen (secondary N) is 2. The Bertz CT molecular complexity index is 870. The third-order valence-electron chi connectivity index (χ3n) is 4.07. The number of benzene rings is 2. The monoisotopic (exact) mass is 338 g/mol. The van der Waals surface area contributed by atoms with Gasteiger partial charge in [-0.1, -0.05) is 25.1 Å². The van der Waals surface area contributed by atoms with E-state index in [0.29, 0.717) is 0 Å². The third-order valence-corrected chi connectivity index (χ3v) is 4.07. The molecule has 5 nitrogen and oxygen atoms in total. The first-order valence-electron chi connectivity index (χ1n) is 8.34. The summed E-state index contributed by atoms with van der Waals surface area (Å²) in [7, 11) is 1.61. The lowest BCUT2D eigenvalue weighted by Gasteiger charge is -2.11. The average molecular weight is 338 g/mol. The van der Waals surface area contributed by atoms with Gasteiger partial charge in [0.15, 0.2) is 0 Å².